The molecular formula is C17H20ClNO2. The number of benzene rings is 1. The van der Waals surface area contributed by atoms with Crippen molar-refractivity contribution in [1.29, 1.82) is 0 Å². The summed E-state index contributed by atoms with van der Waals surface area (Å²) in [5.74, 6) is 5.36. The van der Waals surface area contributed by atoms with Gasteiger partial charge in [0, 0.05) is 23.7 Å². The molecule has 0 atom stereocenters. The number of hydrogen-bond donors (Lipinski definition) is 1. The Bertz CT molecular complexity index is 568. The molecule has 1 fully saturated rings. The van der Waals surface area contributed by atoms with Crippen LogP contribution in [0.5, 0.6) is 0 Å². The molecule has 21 heavy (non-hydrogen) atoms. The fourth-order valence-electron chi connectivity index (χ4n) is 2.83. The maximum absolute atomic E-state index is 12.6. The number of hydrogen-bond acceptors (Lipinski definition) is 2. The van der Waals surface area contributed by atoms with E-state index in [0.717, 1.165) is 12.8 Å². The van der Waals surface area contributed by atoms with Gasteiger partial charge in [-0.05, 0) is 38.0 Å². The van der Waals surface area contributed by atoms with E-state index in [2.05, 4.69) is 11.8 Å². The predicted octanol–water partition coefficient (Wildman–Crippen LogP) is 3.09. The van der Waals surface area contributed by atoms with Gasteiger partial charge in [0.05, 0.1) is 5.02 Å². The Balaban J connectivity index is 2.20. The van der Waals surface area contributed by atoms with E-state index in [1.54, 1.807) is 18.2 Å². The van der Waals surface area contributed by atoms with Crippen molar-refractivity contribution in [3.63, 3.8) is 0 Å². The summed E-state index contributed by atoms with van der Waals surface area (Å²) in [5.41, 5.74) is 1.23. The van der Waals surface area contributed by atoms with Gasteiger partial charge in [-0.25, -0.2) is 0 Å². The smallest absolute Gasteiger partial charge is 0.254 e. The van der Waals surface area contributed by atoms with Crippen LogP contribution in [0.4, 0.5) is 0 Å². The maximum Gasteiger partial charge on any atom is 0.254 e. The van der Waals surface area contributed by atoms with Crippen molar-refractivity contribution in [1.82, 2.24) is 4.90 Å². The quantitative estimate of drug-likeness (QED) is 0.872. The molecule has 0 bridgehead atoms. The van der Waals surface area contributed by atoms with Crippen LogP contribution in [0.1, 0.15) is 48.5 Å². The molecule has 0 aromatic heterocycles. The molecule has 1 aliphatic carbocycles. The third kappa shape index (κ3) is 3.78. The zero-order chi connectivity index (χ0) is 15.2. The molecule has 112 valence electrons. The highest BCUT2D eigenvalue weighted by Crippen LogP contribution is 2.26. The SMILES string of the molecule is CCN(C(=O)c1ccc(C#CCO)c(Cl)c1)C1CCCC1. The first kappa shape index (κ1) is 15.9. The summed E-state index contributed by atoms with van der Waals surface area (Å²) in [7, 11) is 0. The van der Waals surface area contributed by atoms with Gasteiger partial charge in [0.15, 0.2) is 0 Å². The van der Waals surface area contributed by atoms with E-state index in [-0.39, 0.29) is 12.5 Å². The van der Waals surface area contributed by atoms with Gasteiger partial charge in [-0.2, -0.15) is 0 Å². The predicted molar refractivity (Wildman–Crippen MR) is 84.4 cm³/mol. The Kier molecular flexibility index (Phi) is 5.67. The first-order valence-electron chi connectivity index (χ1n) is 7.37. The van der Waals surface area contributed by atoms with Gasteiger partial charge in [0.1, 0.15) is 6.61 Å². The summed E-state index contributed by atoms with van der Waals surface area (Å²) < 4.78 is 0. The maximum atomic E-state index is 12.6. The lowest BCUT2D eigenvalue weighted by Gasteiger charge is -2.27. The monoisotopic (exact) mass is 305 g/mol. The topological polar surface area (TPSA) is 40.5 Å². The van der Waals surface area contributed by atoms with Crippen LogP contribution in [0.15, 0.2) is 18.2 Å². The van der Waals surface area contributed by atoms with Crippen LogP contribution in [0.25, 0.3) is 0 Å². The van der Waals surface area contributed by atoms with Crippen molar-refractivity contribution in [2.75, 3.05) is 13.2 Å². The molecule has 0 radical (unpaired) electrons. The molecule has 2 rings (SSSR count). The molecule has 1 aromatic carbocycles. The van der Waals surface area contributed by atoms with E-state index in [1.807, 2.05) is 11.8 Å². The van der Waals surface area contributed by atoms with Crippen molar-refractivity contribution < 1.29 is 9.90 Å². The number of aliphatic hydroxyl groups excluding tert-OH is 1. The summed E-state index contributed by atoms with van der Waals surface area (Å²) in [4.78, 5) is 14.6. The van der Waals surface area contributed by atoms with Gasteiger partial charge in [-0.15, -0.1) is 0 Å². The van der Waals surface area contributed by atoms with E-state index in [4.69, 9.17) is 16.7 Å². The van der Waals surface area contributed by atoms with Crippen molar-refractivity contribution in [3.8, 4) is 11.8 Å². The number of halogens is 1. The van der Waals surface area contributed by atoms with Crippen LogP contribution in [0.2, 0.25) is 5.02 Å². The highest BCUT2D eigenvalue weighted by molar-refractivity contribution is 6.32. The molecule has 1 saturated carbocycles. The van der Waals surface area contributed by atoms with Crippen molar-refractivity contribution in [2.24, 2.45) is 0 Å². The molecule has 0 saturated heterocycles. The number of amides is 1. The van der Waals surface area contributed by atoms with Crippen molar-refractivity contribution in [2.45, 2.75) is 38.6 Å². The van der Waals surface area contributed by atoms with Gasteiger partial charge >= 0.3 is 0 Å². The van der Waals surface area contributed by atoms with Crippen LogP contribution < -0.4 is 0 Å². The molecule has 0 spiro atoms. The zero-order valence-corrected chi connectivity index (χ0v) is 13.0. The van der Waals surface area contributed by atoms with Gasteiger partial charge in [0.25, 0.3) is 5.91 Å². The lowest BCUT2D eigenvalue weighted by Crippen LogP contribution is -2.38. The van der Waals surface area contributed by atoms with E-state index in [9.17, 15) is 4.79 Å². The molecule has 1 aliphatic rings. The minimum absolute atomic E-state index is 0.0352. The Morgan fingerprint density at radius 3 is 2.71 bits per heavy atom. The lowest BCUT2D eigenvalue weighted by atomic mass is 10.1. The van der Waals surface area contributed by atoms with Gasteiger partial charge in [0.2, 0.25) is 0 Å². The first-order chi connectivity index (χ1) is 10.2. The highest BCUT2D eigenvalue weighted by atomic mass is 35.5. The van der Waals surface area contributed by atoms with Gasteiger partial charge < -0.3 is 10.0 Å². The zero-order valence-electron chi connectivity index (χ0n) is 12.2. The Morgan fingerprint density at radius 1 is 1.43 bits per heavy atom. The summed E-state index contributed by atoms with van der Waals surface area (Å²) in [5, 5.41) is 9.16. The second-order valence-corrected chi connectivity index (χ2v) is 5.59. The standard InChI is InChI=1S/C17H20ClNO2/c1-2-19(15-7-3-4-8-15)17(21)14-10-9-13(6-5-11-20)16(18)12-14/h9-10,12,15,20H,2-4,7-8,11H2,1H3. The number of aliphatic hydroxyl groups is 1. The highest BCUT2D eigenvalue weighted by Gasteiger charge is 2.26. The third-order valence-electron chi connectivity index (χ3n) is 3.89. The van der Waals surface area contributed by atoms with Crippen LogP contribution in [0, 0.1) is 11.8 Å². The van der Waals surface area contributed by atoms with E-state index in [0.29, 0.717) is 28.7 Å². The van der Waals surface area contributed by atoms with E-state index >= 15 is 0 Å². The molecule has 4 heteroatoms. The molecule has 1 N–H and O–H groups in total. The van der Waals surface area contributed by atoms with Gasteiger partial charge in [-0.1, -0.05) is 36.3 Å². The van der Waals surface area contributed by atoms with Crippen LogP contribution >= 0.6 is 11.6 Å². The first-order valence-corrected chi connectivity index (χ1v) is 7.75. The lowest BCUT2D eigenvalue weighted by molar-refractivity contribution is 0.0693. The van der Waals surface area contributed by atoms with Crippen LogP contribution in [-0.4, -0.2) is 35.1 Å². The van der Waals surface area contributed by atoms with Gasteiger partial charge in [-0.3, -0.25) is 4.79 Å². The Morgan fingerprint density at radius 2 is 2.14 bits per heavy atom. The second-order valence-electron chi connectivity index (χ2n) is 5.18. The number of nitrogens with zero attached hydrogens (tertiary/aromatic N) is 1. The Labute approximate surface area is 130 Å². The average Bonchev–Trinajstić information content (AvgIpc) is 3.00. The number of rotatable bonds is 3. The largest absolute Gasteiger partial charge is 0.384 e. The summed E-state index contributed by atoms with van der Waals surface area (Å²) in [6.45, 7) is 2.52. The molecular weight excluding hydrogens is 286 g/mol. The minimum atomic E-state index is -0.206. The average molecular weight is 306 g/mol. The molecule has 0 aliphatic heterocycles. The number of carbonyl (C=O) groups is 1. The summed E-state index contributed by atoms with van der Waals surface area (Å²) >= 11 is 6.16. The molecule has 0 heterocycles. The molecule has 1 amide bonds. The fraction of sp³-hybridized carbons (Fsp3) is 0.471. The van der Waals surface area contributed by atoms with Crippen LogP contribution in [0.3, 0.4) is 0 Å². The fourth-order valence-corrected chi connectivity index (χ4v) is 3.06. The summed E-state index contributed by atoms with van der Waals surface area (Å²) in [6, 6.07) is 5.52. The third-order valence-corrected chi connectivity index (χ3v) is 4.20. The molecule has 1 aromatic rings. The molecule has 0 unspecified atom stereocenters. The normalized spacial score (nSPS) is 14.6. The van der Waals surface area contributed by atoms with Crippen molar-refractivity contribution >= 4 is 17.5 Å². The van der Waals surface area contributed by atoms with Crippen molar-refractivity contribution in [3.05, 3.63) is 34.3 Å². The summed E-state index contributed by atoms with van der Waals surface area (Å²) in [6.07, 6.45) is 4.58. The minimum Gasteiger partial charge on any atom is -0.384 e. The van der Waals surface area contributed by atoms with E-state index in [1.165, 1.54) is 12.8 Å². The molecule has 3 nitrogen and oxygen atoms in total. The van der Waals surface area contributed by atoms with E-state index < -0.39 is 0 Å². The Hall–Kier alpha value is -1.50. The second kappa shape index (κ2) is 7.49. The number of carbonyl (C=O) groups excluding carboxylic acids is 1. The van der Waals surface area contributed by atoms with Crippen LogP contribution in [-0.2, 0) is 0 Å².